The summed E-state index contributed by atoms with van der Waals surface area (Å²) in [5, 5.41) is 4.04. The summed E-state index contributed by atoms with van der Waals surface area (Å²) in [7, 11) is 0. The Morgan fingerprint density at radius 3 is 2.29 bits per heavy atom. The van der Waals surface area contributed by atoms with Gasteiger partial charge in [-0.05, 0) is 26.7 Å². The van der Waals surface area contributed by atoms with E-state index in [0.717, 1.165) is 36.4 Å². The summed E-state index contributed by atoms with van der Waals surface area (Å²) < 4.78 is 0. The van der Waals surface area contributed by atoms with Gasteiger partial charge in [0.1, 0.15) is 4.88 Å². The van der Waals surface area contributed by atoms with E-state index in [2.05, 4.69) is 10.3 Å². The summed E-state index contributed by atoms with van der Waals surface area (Å²) in [6, 6.07) is 0. The molecular formula is C15H23N3OS2. The Morgan fingerprint density at radius 1 is 1.24 bits per heavy atom. The zero-order valence-electron chi connectivity index (χ0n) is 12.7. The van der Waals surface area contributed by atoms with E-state index in [1.165, 1.54) is 30.6 Å². The molecule has 0 bridgehead atoms. The van der Waals surface area contributed by atoms with Crippen LogP contribution in [0.2, 0.25) is 0 Å². The van der Waals surface area contributed by atoms with Crippen LogP contribution in [-0.4, -0.2) is 21.4 Å². The second-order valence-corrected chi connectivity index (χ2v) is 7.46. The lowest BCUT2D eigenvalue weighted by Crippen LogP contribution is -2.57. The van der Waals surface area contributed by atoms with Gasteiger partial charge < -0.3 is 11.1 Å². The molecule has 21 heavy (non-hydrogen) atoms. The third-order valence-electron chi connectivity index (χ3n) is 4.14. The average molecular weight is 326 g/mol. The van der Waals surface area contributed by atoms with Gasteiger partial charge in [-0.25, -0.2) is 4.98 Å². The van der Waals surface area contributed by atoms with Gasteiger partial charge in [0.15, 0.2) is 0 Å². The Hall–Kier alpha value is -1.01. The summed E-state index contributed by atoms with van der Waals surface area (Å²) in [5.74, 6) is -0.0912. The Balaban J connectivity index is 2.20. The Kier molecular flexibility index (Phi) is 5.32. The first-order valence-electron chi connectivity index (χ1n) is 7.51. The number of hydrogen-bond donors (Lipinski definition) is 2. The molecule has 1 aliphatic rings. The third-order valence-corrected chi connectivity index (χ3v) is 5.60. The molecule has 0 aromatic carbocycles. The summed E-state index contributed by atoms with van der Waals surface area (Å²) in [4.78, 5) is 18.0. The van der Waals surface area contributed by atoms with Crippen LogP contribution in [0, 0.1) is 13.8 Å². The van der Waals surface area contributed by atoms with Crippen LogP contribution in [0.1, 0.15) is 65.3 Å². The number of aromatic nitrogens is 1. The van der Waals surface area contributed by atoms with E-state index in [-0.39, 0.29) is 5.91 Å². The molecule has 0 atom stereocenters. The van der Waals surface area contributed by atoms with Gasteiger partial charge in [-0.1, -0.05) is 44.3 Å². The maximum atomic E-state index is 12.6. The first-order valence-corrected chi connectivity index (χ1v) is 8.73. The SMILES string of the molecule is Cc1nc(C)c(C(=O)NC2(C(N)=S)CCCCCCC2)s1. The molecule has 0 saturated heterocycles. The van der Waals surface area contributed by atoms with Crippen LogP contribution in [0.15, 0.2) is 0 Å². The zero-order valence-corrected chi connectivity index (χ0v) is 14.3. The topological polar surface area (TPSA) is 68.0 Å². The Bertz CT molecular complexity index is 531. The number of thiazole rings is 1. The van der Waals surface area contributed by atoms with Crippen molar-refractivity contribution in [2.45, 2.75) is 64.3 Å². The van der Waals surface area contributed by atoms with Crippen LogP contribution in [-0.2, 0) is 0 Å². The van der Waals surface area contributed by atoms with Crippen molar-refractivity contribution in [1.82, 2.24) is 10.3 Å². The number of hydrogen-bond acceptors (Lipinski definition) is 4. The lowest BCUT2D eigenvalue weighted by molar-refractivity contribution is 0.0916. The molecule has 1 aromatic rings. The number of nitrogens with two attached hydrogens (primary N) is 1. The highest BCUT2D eigenvalue weighted by Crippen LogP contribution is 2.28. The fourth-order valence-corrected chi connectivity index (χ4v) is 4.03. The Morgan fingerprint density at radius 2 is 1.81 bits per heavy atom. The first kappa shape index (κ1) is 16.4. The molecule has 6 heteroatoms. The molecule has 1 aliphatic carbocycles. The smallest absolute Gasteiger partial charge is 0.264 e. The molecule has 1 fully saturated rings. The first-order chi connectivity index (χ1) is 9.94. The molecule has 116 valence electrons. The minimum atomic E-state index is -0.531. The number of carbonyl (C=O) groups is 1. The molecule has 1 aromatic heterocycles. The molecule has 0 unspecified atom stereocenters. The number of carbonyl (C=O) groups excluding carboxylic acids is 1. The maximum absolute atomic E-state index is 12.6. The summed E-state index contributed by atoms with van der Waals surface area (Å²) >= 11 is 6.71. The molecule has 4 nitrogen and oxygen atoms in total. The standard InChI is InChI=1S/C15H23N3OS2/c1-10-12(21-11(2)17-10)13(19)18-15(14(16)20)8-6-4-3-5-7-9-15/h3-9H2,1-2H3,(H2,16,20)(H,18,19). The number of nitrogens with zero attached hydrogens (tertiary/aromatic N) is 1. The number of rotatable bonds is 3. The van der Waals surface area contributed by atoms with Crippen LogP contribution < -0.4 is 11.1 Å². The number of thiocarbonyl (C=S) groups is 1. The fourth-order valence-electron chi connectivity index (χ4n) is 2.96. The highest BCUT2D eigenvalue weighted by molar-refractivity contribution is 7.80. The van der Waals surface area contributed by atoms with E-state index in [0.29, 0.717) is 9.87 Å². The summed E-state index contributed by atoms with van der Waals surface area (Å²) in [6.45, 7) is 3.78. The van der Waals surface area contributed by atoms with E-state index >= 15 is 0 Å². The van der Waals surface area contributed by atoms with Gasteiger partial charge in [-0.15, -0.1) is 11.3 Å². The van der Waals surface area contributed by atoms with Crippen molar-refractivity contribution >= 4 is 34.5 Å². The molecule has 1 amide bonds. The highest BCUT2D eigenvalue weighted by atomic mass is 32.1. The van der Waals surface area contributed by atoms with Gasteiger partial charge in [0.25, 0.3) is 5.91 Å². The average Bonchev–Trinajstić information content (AvgIpc) is 2.71. The highest BCUT2D eigenvalue weighted by Gasteiger charge is 2.35. The Labute approximate surface area is 135 Å². The second kappa shape index (κ2) is 6.83. The van der Waals surface area contributed by atoms with Crippen LogP contribution in [0.25, 0.3) is 0 Å². The predicted octanol–water partition coefficient (Wildman–Crippen LogP) is 3.26. The van der Waals surface area contributed by atoms with E-state index < -0.39 is 5.54 Å². The van der Waals surface area contributed by atoms with Gasteiger partial charge in [0.2, 0.25) is 0 Å². The van der Waals surface area contributed by atoms with Crippen LogP contribution >= 0.6 is 23.6 Å². The van der Waals surface area contributed by atoms with Crippen molar-refractivity contribution in [3.63, 3.8) is 0 Å². The van der Waals surface area contributed by atoms with E-state index in [1.54, 1.807) is 0 Å². The van der Waals surface area contributed by atoms with Crippen molar-refractivity contribution in [2.75, 3.05) is 0 Å². The van der Waals surface area contributed by atoms with Crippen molar-refractivity contribution in [1.29, 1.82) is 0 Å². The number of amides is 1. The normalized spacial score (nSPS) is 18.6. The van der Waals surface area contributed by atoms with Crippen molar-refractivity contribution in [3.8, 4) is 0 Å². The minimum absolute atomic E-state index is 0.0912. The van der Waals surface area contributed by atoms with Gasteiger partial charge in [-0.3, -0.25) is 4.79 Å². The zero-order chi connectivity index (χ0) is 15.5. The molecule has 1 heterocycles. The van der Waals surface area contributed by atoms with Crippen molar-refractivity contribution in [3.05, 3.63) is 15.6 Å². The van der Waals surface area contributed by atoms with E-state index in [1.807, 2.05) is 13.8 Å². The van der Waals surface area contributed by atoms with Crippen molar-refractivity contribution in [2.24, 2.45) is 5.73 Å². The number of nitrogens with one attached hydrogen (secondary N) is 1. The van der Waals surface area contributed by atoms with Crippen LogP contribution in [0.5, 0.6) is 0 Å². The molecule has 1 saturated carbocycles. The van der Waals surface area contributed by atoms with E-state index in [9.17, 15) is 4.79 Å². The van der Waals surface area contributed by atoms with Gasteiger partial charge in [0, 0.05) is 0 Å². The van der Waals surface area contributed by atoms with E-state index in [4.69, 9.17) is 18.0 Å². The molecule has 3 N–H and O–H groups in total. The monoisotopic (exact) mass is 325 g/mol. The molecular weight excluding hydrogens is 302 g/mol. The van der Waals surface area contributed by atoms with Crippen LogP contribution in [0.4, 0.5) is 0 Å². The minimum Gasteiger partial charge on any atom is -0.391 e. The maximum Gasteiger partial charge on any atom is 0.264 e. The molecule has 0 spiro atoms. The molecule has 0 radical (unpaired) electrons. The lowest BCUT2D eigenvalue weighted by atomic mass is 9.83. The van der Waals surface area contributed by atoms with Gasteiger partial charge >= 0.3 is 0 Å². The summed E-state index contributed by atoms with van der Waals surface area (Å²) in [6.07, 6.45) is 7.40. The van der Waals surface area contributed by atoms with Crippen LogP contribution in [0.3, 0.4) is 0 Å². The fraction of sp³-hybridized carbons (Fsp3) is 0.667. The third kappa shape index (κ3) is 3.80. The number of aryl methyl sites for hydroxylation is 2. The largest absolute Gasteiger partial charge is 0.391 e. The summed E-state index contributed by atoms with van der Waals surface area (Å²) in [5.41, 5.74) is 6.24. The second-order valence-electron chi connectivity index (χ2n) is 5.82. The quantitative estimate of drug-likeness (QED) is 0.837. The van der Waals surface area contributed by atoms with Gasteiger partial charge in [0.05, 0.1) is 21.2 Å². The van der Waals surface area contributed by atoms with Crippen molar-refractivity contribution < 1.29 is 4.79 Å². The van der Waals surface area contributed by atoms with Gasteiger partial charge in [-0.2, -0.15) is 0 Å². The molecule has 0 aliphatic heterocycles. The molecule has 2 rings (SSSR count). The predicted molar refractivity (Wildman–Crippen MR) is 90.9 cm³/mol. The lowest BCUT2D eigenvalue weighted by Gasteiger charge is -2.35.